The molecule has 0 aliphatic carbocycles. The van der Waals surface area contributed by atoms with E-state index in [2.05, 4.69) is 10.1 Å². The van der Waals surface area contributed by atoms with Gasteiger partial charge >= 0.3 is 0 Å². The Morgan fingerprint density at radius 1 is 0.881 bits per heavy atom. The highest BCUT2D eigenvalue weighted by Crippen LogP contribution is 2.30. The molecule has 3 heterocycles. The summed E-state index contributed by atoms with van der Waals surface area (Å²) in [5, 5.41) is 9.38. The Morgan fingerprint density at radius 3 is 2.33 bits per heavy atom. The lowest BCUT2D eigenvalue weighted by molar-refractivity contribution is 0.340. The van der Waals surface area contributed by atoms with E-state index in [9.17, 15) is 4.79 Å². The van der Waals surface area contributed by atoms with Crippen LogP contribution in [0.25, 0.3) is 40.1 Å². The van der Waals surface area contributed by atoms with Gasteiger partial charge in [0.05, 0.1) is 23.4 Å². The standard InChI is InChI=1S/C33H29N5O3S/c1-4-40-26-14-11-23(12-15-26)13-18-30-34-33-38(35-30)32(39)29(42-33)20-24-21-37(25-9-7-6-8-10-25)36-31(24)28-17-16-27(41-5-2)19-22(28)3/h6-21H,4-5H2,1-3H3/b18-13+,29-20-. The van der Waals surface area contributed by atoms with Crippen LogP contribution in [0.3, 0.4) is 0 Å². The summed E-state index contributed by atoms with van der Waals surface area (Å²) in [6.45, 7) is 7.18. The van der Waals surface area contributed by atoms with Gasteiger partial charge in [0.2, 0.25) is 4.96 Å². The van der Waals surface area contributed by atoms with Gasteiger partial charge in [-0.2, -0.15) is 14.6 Å². The predicted octanol–water partition coefficient (Wildman–Crippen LogP) is 5.83. The number of para-hydroxylation sites is 1. The first kappa shape index (κ1) is 27.2. The van der Waals surface area contributed by atoms with Crippen molar-refractivity contribution in [1.82, 2.24) is 24.4 Å². The van der Waals surface area contributed by atoms with Crippen LogP contribution >= 0.6 is 11.3 Å². The Morgan fingerprint density at radius 2 is 1.62 bits per heavy atom. The fourth-order valence-corrected chi connectivity index (χ4v) is 5.55. The highest BCUT2D eigenvalue weighted by Gasteiger charge is 2.16. The van der Waals surface area contributed by atoms with Crippen LogP contribution < -0.4 is 19.6 Å². The summed E-state index contributed by atoms with van der Waals surface area (Å²) in [6, 6.07) is 23.6. The van der Waals surface area contributed by atoms with Crippen LogP contribution in [0, 0.1) is 6.92 Å². The van der Waals surface area contributed by atoms with Crippen LogP contribution in [-0.4, -0.2) is 37.6 Å². The lowest BCUT2D eigenvalue weighted by atomic mass is 10.0. The van der Waals surface area contributed by atoms with Crippen molar-refractivity contribution in [1.29, 1.82) is 0 Å². The normalized spacial score (nSPS) is 12.0. The van der Waals surface area contributed by atoms with Gasteiger partial charge in [-0.1, -0.05) is 47.7 Å². The number of ether oxygens (including phenoxy) is 2. The summed E-state index contributed by atoms with van der Waals surface area (Å²) in [4.78, 5) is 18.5. The Labute approximate surface area is 246 Å². The van der Waals surface area contributed by atoms with Crippen molar-refractivity contribution < 1.29 is 9.47 Å². The molecule has 0 saturated heterocycles. The van der Waals surface area contributed by atoms with Crippen LogP contribution in [0.4, 0.5) is 0 Å². The Kier molecular flexibility index (Phi) is 7.66. The molecule has 0 atom stereocenters. The summed E-state index contributed by atoms with van der Waals surface area (Å²) in [5.41, 5.74) is 5.29. The maximum atomic E-state index is 13.4. The molecular weight excluding hydrogens is 546 g/mol. The summed E-state index contributed by atoms with van der Waals surface area (Å²) in [6.07, 6.45) is 7.53. The second-order valence-electron chi connectivity index (χ2n) is 9.54. The SMILES string of the molecule is CCOc1ccc(/C=C/c2nc3s/c(=C\c4cn(-c5ccccc5)nc4-c4ccc(OCC)cc4C)c(=O)n3n2)cc1. The quantitative estimate of drug-likeness (QED) is 0.216. The Bertz CT molecular complexity index is 1990. The lowest BCUT2D eigenvalue weighted by Gasteiger charge is -2.08. The van der Waals surface area contributed by atoms with Crippen LogP contribution in [0.1, 0.15) is 36.4 Å². The minimum Gasteiger partial charge on any atom is -0.494 e. The smallest absolute Gasteiger partial charge is 0.291 e. The van der Waals surface area contributed by atoms with Crippen molar-refractivity contribution >= 4 is 34.5 Å². The van der Waals surface area contributed by atoms with E-state index in [-0.39, 0.29) is 5.56 Å². The molecule has 42 heavy (non-hydrogen) atoms. The number of aromatic nitrogens is 5. The average molecular weight is 576 g/mol. The first-order valence-corrected chi connectivity index (χ1v) is 14.5. The summed E-state index contributed by atoms with van der Waals surface area (Å²) in [7, 11) is 0. The summed E-state index contributed by atoms with van der Waals surface area (Å²) >= 11 is 1.30. The fourth-order valence-electron chi connectivity index (χ4n) is 4.65. The fraction of sp³-hybridized carbons (Fsp3) is 0.152. The van der Waals surface area contributed by atoms with Crippen LogP contribution in [-0.2, 0) is 0 Å². The lowest BCUT2D eigenvalue weighted by Crippen LogP contribution is -2.23. The van der Waals surface area contributed by atoms with Crippen LogP contribution in [0.2, 0.25) is 0 Å². The van der Waals surface area contributed by atoms with E-state index in [1.54, 1.807) is 6.08 Å². The van der Waals surface area contributed by atoms with E-state index in [4.69, 9.17) is 14.6 Å². The topological polar surface area (TPSA) is 83.5 Å². The summed E-state index contributed by atoms with van der Waals surface area (Å²) in [5.74, 6) is 2.11. The predicted molar refractivity (Wildman–Crippen MR) is 167 cm³/mol. The summed E-state index contributed by atoms with van der Waals surface area (Å²) < 4.78 is 14.9. The second-order valence-corrected chi connectivity index (χ2v) is 10.5. The van der Waals surface area contributed by atoms with E-state index in [1.165, 1.54) is 15.9 Å². The molecule has 210 valence electrons. The van der Waals surface area contributed by atoms with Crippen molar-refractivity contribution in [3.05, 3.63) is 116 Å². The molecule has 6 aromatic rings. The molecule has 0 N–H and O–H groups in total. The van der Waals surface area contributed by atoms with Crippen molar-refractivity contribution in [2.24, 2.45) is 0 Å². The number of aryl methyl sites for hydroxylation is 1. The third kappa shape index (κ3) is 5.59. The van der Waals surface area contributed by atoms with Gasteiger partial charge in [-0.3, -0.25) is 4.79 Å². The number of benzene rings is 3. The minimum absolute atomic E-state index is 0.218. The van der Waals surface area contributed by atoms with Crippen LogP contribution in [0.15, 0.2) is 83.8 Å². The number of fused-ring (bicyclic) bond motifs is 1. The van der Waals surface area contributed by atoms with E-state index in [1.807, 2.05) is 117 Å². The maximum Gasteiger partial charge on any atom is 0.291 e. The first-order chi connectivity index (χ1) is 20.5. The van der Waals surface area contributed by atoms with E-state index < -0.39 is 0 Å². The number of rotatable bonds is 9. The molecule has 0 saturated carbocycles. The highest BCUT2D eigenvalue weighted by atomic mass is 32.1. The molecule has 6 rings (SSSR count). The number of nitrogens with zero attached hydrogens (tertiary/aromatic N) is 5. The molecule has 0 fully saturated rings. The average Bonchev–Trinajstić information content (AvgIpc) is 3.68. The molecule has 0 aliphatic rings. The zero-order chi connectivity index (χ0) is 29.1. The molecule has 3 aromatic carbocycles. The van der Waals surface area contributed by atoms with E-state index in [0.717, 1.165) is 45.1 Å². The van der Waals surface area contributed by atoms with Gasteiger partial charge in [0.25, 0.3) is 5.56 Å². The molecule has 0 amide bonds. The third-order valence-corrected chi connectivity index (χ3v) is 7.59. The van der Waals surface area contributed by atoms with Crippen molar-refractivity contribution in [2.45, 2.75) is 20.8 Å². The zero-order valence-electron chi connectivity index (χ0n) is 23.5. The Hall–Kier alpha value is -5.02. The monoisotopic (exact) mass is 575 g/mol. The molecule has 0 radical (unpaired) electrons. The molecular formula is C33H29N5O3S. The molecule has 0 unspecified atom stereocenters. The van der Waals surface area contributed by atoms with Gasteiger partial charge in [-0.25, -0.2) is 4.68 Å². The molecule has 3 aromatic heterocycles. The Balaban J connectivity index is 1.37. The largest absolute Gasteiger partial charge is 0.494 e. The van der Waals surface area contributed by atoms with Crippen molar-refractivity contribution in [2.75, 3.05) is 13.2 Å². The minimum atomic E-state index is -0.218. The van der Waals surface area contributed by atoms with E-state index in [0.29, 0.717) is 28.5 Å². The molecule has 9 heteroatoms. The molecule has 0 bridgehead atoms. The van der Waals surface area contributed by atoms with Gasteiger partial charge in [-0.05, 0) is 86.5 Å². The van der Waals surface area contributed by atoms with Crippen molar-refractivity contribution in [3.8, 4) is 28.4 Å². The molecule has 0 spiro atoms. The number of thiazole rings is 1. The third-order valence-electron chi connectivity index (χ3n) is 6.63. The molecule has 0 aliphatic heterocycles. The van der Waals surface area contributed by atoms with Gasteiger partial charge in [0.1, 0.15) is 17.2 Å². The second kappa shape index (κ2) is 11.8. The van der Waals surface area contributed by atoms with E-state index >= 15 is 0 Å². The zero-order valence-corrected chi connectivity index (χ0v) is 24.3. The maximum absolute atomic E-state index is 13.4. The van der Waals surface area contributed by atoms with Crippen molar-refractivity contribution in [3.63, 3.8) is 0 Å². The van der Waals surface area contributed by atoms with Gasteiger partial charge in [0.15, 0.2) is 5.82 Å². The number of hydrogen-bond acceptors (Lipinski definition) is 7. The first-order valence-electron chi connectivity index (χ1n) is 13.7. The molecule has 8 nitrogen and oxygen atoms in total. The number of hydrogen-bond donors (Lipinski definition) is 0. The van der Waals surface area contributed by atoms with Gasteiger partial charge in [0, 0.05) is 17.3 Å². The van der Waals surface area contributed by atoms with Gasteiger partial charge < -0.3 is 9.47 Å². The highest BCUT2D eigenvalue weighted by molar-refractivity contribution is 7.15. The van der Waals surface area contributed by atoms with Crippen LogP contribution in [0.5, 0.6) is 11.5 Å². The van der Waals surface area contributed by atoms with Gasteiger partial charge in [-0.15, -0.1) is 5.10 Å².